The highest BCUT2D eigenvalue weighted by Crippen LogP contribution is 2.38. The van der Waals surface area contributed by atoms with Gasteiger partial charge in [-0.15, -0.1) is 11.6 Å². The van der Waals surface area contributed by atoms with Gasteiger partial charge in [-0.25, -0.2) is 4.98 Å². The number of rotatable bonds is 6. The van der Waals surface area contributed by atoms with Crippen molar-refractivity contribution < 1.29 is 9.15 Å². The molecule has 0 aliphatic carbocycles. The lowest BCUT2D eigenvalue weighted by molar-refractivity contribution is 0.341. The minimum atomic E-state index is -0.406. The molecule has 4 aromatic rings. The van der Waals surface area contributed by atoms with Gasteiger partial charge in [0.1, 0.15) is 12.7 Å². The Morgan fingerprint density at radius 2 is 1.79 bits per heavy atom. The van der Waals surface area contributed by atoms with Gasteiger partial charge >= 0.3 is 0 Å². The van der Waals surface area contributed by atoms with Crippen molar-refractivity contribution in [1.29, 1.82) is 5.26 Å². The third-order valence-corrected chi connectivity index (χ3v) is 5.82. The number of halogens is 2. The fraction of sp³-hybridized carbons (Fsp3) is 0.240. The molecule has 2 heterocycles. The molecule has 0 unspecified atom stereocenters. The summed E-state index contributed by atoms with van der Waals surface area (Å²) >= 11 is 15.7. The number of fused-ring (bicyclic) bond motifs is 1. The average molecular weight is 515 g/mol. The smallest absolute Gasteiger partial charge is 0.294 e. The summed E-state index contributed by atoms with van der Waals surface area (Å²) in [5, 5.41) is 9.98. The van der Waals surface area contributed by atoms with Gasteiger partial charge in [0.05, 0.1) is 22.2 Å². The molecule has 0 aliphatic heterocycles. The monoisotopic (exact) mass is 514 g/mol. The SMILES string of the molecule is CC(C)(c1ccc(-c2ccc3oc(N)nc3n2)cc1)c1cc(Cl)c(OCCCl)c(C#N)c1.CS. The van der Waals surface area contributed by atoms with Gasteiger partial charge < -0.3 is 14.9 Å². The van der Waals surface area contributed by atoms with Crippen LogP contribution in [0.5, 0.6) is 5.75 Å². The van der Waals surface area contributed by atoms with Crippen LogP contribution in [0.15, 0.2) is 52.9 Å². The van der Waals surface area contributed by atoms with E-state index in [9.17, 15) is 5.26 Å². The third-order valence-electron chi connectivity index (χ3n) is 5.38. The normalized spacial score (nSPS) is 11.0. The second-order valence-corrected chi connectivity index (χ2v) is 8.54. The average Bonchev–Trinajstić information content (AvgIpc) is 3.23. The highest BCUT2D eigenvalue weighted by Gasteiger charge is 2.26. The van der Waals surface area contributed by atoms with Crippen molar-refractivity contribution in [2.45, 2.75) is 19.3 Å². The Balaban J connectivity index is 0.00000158. The number of anilines is 1. The summed E-state index contributed by atoms with van der Waals surface area (Å²) in [7, 11) is 0. The summed E-state index contributed by atoms with van der Waals surface area (Å²) in [4.78, 5) is 8.61. The maximum absolute atomic E-state index is 9.59. The number of oxazole rings is 1. The van der Waals surface area contributed by atoms with Crippen LogP contribution in [0.1, 0.15) is 30.5 Å². The molecule has 0 aliphatic rings. The van der Waals surface area contributed by atoms with Crippen LogP contribution in [0.4, 0.5) is 6.01 Å². The molecule has 2 aromatic heterocycles. The zero-order chi connectivity index (χ0) is 24.9. The summed E-state index contributed by atoms with van der Waals surface area (Å²) in [5.41, 5.74) is 10.3. The van der Waals surface area contributed by atoms with Crippen LogP contribution >= 0.6 is 35.8 Å². The summed E-state index contributed by atoms with van der Waals surface area (Å²) in [5.74, 6) is 0.673. The molecule has 0 bridgehead atoms. The van der Waals surface area contributed by atoms with Gasteiger partial charge in [-0.2, -0.15) is 22.9 Å². The zero-order valence-electron chi connectivity index (χ0n) is 19.0. The van der Waals surface area contributed by atoms with Crippen LogP contribution in [0.2, 0.25) is 5.02 Å². The van der Waals surface area contributed by atoms with Crippen LogP contribution in [-0.4, -0.2) is 28.7 Å². The topological polar surface area (TPSA) is 98.0 Å². The second kappa shape index (κ2) is 11.0. The van der Waals surface area contributed by atoms with Crippen molar-refractivity contribution >= 4 is 53.1 Å². The second-order valence-electron chi connectivity index (χ2n) is 7.76. The van der Waals surface area contributed by atoms with E-state index in [0.29, 0.717) is 33.4 Å². The maximum atomic E-state index is 9.59. The zero-order valence-corrected chi connectivity index (χ0v) is 21.4. The first kappa shape index (κ1) is 25.7. The largest absolute Gasteiger partial charge is 0.489 e. The van der Waals surface area contributed by atoms with Crippen molar-refractivity contribution in [2.75, 3.05) is 24.5 Å². The minimum absolute atomic E-state index is 0.0937. The lowest BCUT2D eigenvalue weighted by Gasteiger charge is -2.27. The van der Waals surface area contributed by atoms with E-state index in [-0.39, 0.29) is 12.6 Å². The van der Waals surface area contributed by atoms with Crippen molar-refractivity contribution in [2.24, 2.45) is 0 Å². The molecule has 0 amide bonds. The molecular weight excluding hydrogens is 491 g/mol. The molecule has 0 saturated heterocycles. The Kier molecular flexibility index (Phi) is 8.32. The predicted molar refractivity (Wildman–Crippen MR) is 141 cm³/mol. The Hall–Kier alpha value is -2.92. The number of ether oxygens (including phenoxy) is 1. The lowest BCUT2D eigenvalue weighted by atomic mass is 9.77. The number of aromatic nitrogens is 2. The van der Waals surface area contributed by atoms with Crippen molar-refractivity contribution in [3.05, 3.63) is 70.2 Å². The molecule has 2 N–H and O–H groups in total. The molecule has 4 rings (SSSR count). The van der Waals surface area contributed by atoms with Crippen LogP contribution < -0.4 is 10.5 Å². The Morgan fingerprint density at radius 1 is 1.09 bits per heavy atom. The van der Waals surface area contributed by atoms with E-state index < -0.39 is 5.41 Å². The van der Waals surface area contributed by atoms with E-state index in [1.165, 1.54) is 0 Å². The standard InChI is InChI=1S/C24H20Cl2N4O2.CH4S/c1-24(2,17-11-15(13-27)21(18(26)12-17)31-10-9-25)16-5-3-14(4-6-16)19-7-8-20-22(29-19)30-23(28)32-20;1-2/h3-8,11-12H,9-10H2,1-2H3,(H2,28,29,30);2H,1H3. The molecule has 0 spiro atoms. The molecule has 9 heteroatoms. The van der Waals surface area contributed by atoms with E-state index in [1.807, 2.05) is 42.5 Å². The van der Waals surface area contributed by atoms with E-state index >= 15 is 0 Å². The number of hydrogen-bond donors (Lipinski definition) is 2. The number of alkyl halides is 1. The van der Waals surface area contributed by atoms with Crippen LogP contribution in [0, 0.1) is 11.3 Å². The van der Waals surface area contributed by atoms with Crippen LogP contribution in [-0.2, 0) is 5.41 Å². The highest BCUT2D eigenvalue weighted by atomic mass is 35.5. The molecule has 6 nitrogen and oxygen atoms in total. The molecule has 0 saturated carbocycles. The van der Waals surface area contributed by atoms with E-state index in [4.69, 9.17) is 38.1 Å². The van der Waals surface area contributed by atoms with Crippen LogP contribution in [0.3, 0.4) is 0 Å². The van der Waals surface area contributed by atoms with Gasteiger partial charge in [0.15, 0.2) is 11.3 Å². The Morgan fingerprint density at radius 3 is 2.44 bits per heavy atom. The maximum Gasteiger partial charge on any atom is 0.294 e. The van der Waals surface area contributed by atoms with E-state index in [0.717, 1.165) is 22.4 Å². The number of hydrogen-bond acceptors (Lipinski definition) is 7. The fourth-order valence-corrected chi connectivity index (χ4v) is 3.90. The van der Waals surface area contributed by atoms with Gasteiger partial charge in [-0.3, -0.25) is 0 Å². The number of pyridine rings is 1. The van der Waals surface area contributed by atoms with E-state index in [2.05, 4.69) is 42.5 Å². The molecule has 0 atom stereocenters. The molecular formula is C25H24Cl2N4O2S. The molecule has 0 radical (unpaired) electrons. The number of thiol groups is 1. The molecule has 0 fully saturated rings. The van der Waals surface area contributed by atoms with Gasteiger partial charge in [-0.1, -0.05) is 49.7 Å². The summed E-state index contributed by atoms with van der Waals surface area (Å²) < 4.78 is 10.9. The van der Waals surface area contributed by atoms with Gasteiger partial charge in [0, 0.05) is 11.0 Å². The Bertz CT molecular complexity index is 1330. The first-order valence-corrected chi connectivity index (χ1v) is 12.2. The van der Waals surface area contributed by atoms with E-state index in [1.54, 1.807) is 12.3 Å². The number of benzene rings is 2. The predicted octanol–water partition coefficient (Wildman–Crippen LogP) is 6.49. The summed E-state index contributed by atoms with van der Waals surface area (Å²) in [6, 6.07) is 17.7. The summed E-state index contributed by atoms with van der Waals surface area (Å²) in [6.45, 7) is 4.44. The summed E-state index contributed by atoms with van der Waals surface area (Å²) in [6.07, 6.45) is 1.69. The van der Waals surface area contributed by atoms with Gasteiger partial charge in [-0.05, 0) is 41.6 Å². The molecule has 2 aromatic carbocycles. The van der Waals surface area contributed by atoms with Gasteiger partial charge in [0.25, 0.3) is 6.01 Å². The van der Waals surface area contributed by atoms with Crippen molar-refractivity contribution in [1.82, 2.24) is 9.97 Å². The first-order chi connectivity index (χ1) is 16.3. The Labute approximate surface area is 214 Å². The van der Waals surface area contributed by atoms with Crippen molar-refractivity contribution in [3.8, 4) is 23.1 Å². The minimum Gasteiger partial charge on any atom is -0.489 e. The first-order valence-electron chi connectivity index (χ1n) is 10.3. The third kappa shape index (κ3) is 5.25. The quantitative estimate of drug-likeness (QED) is 0.225. The van der Waals surface area contributed by atoms with Gasteiger partial charge in [0.2, 0.25) is 5.65 Å². The number of nitrogens with zero attached hydrogens (tertiary/aromatic N) is 3. The molecule has 34 heavy (non-hydrogen) atoms. The number of nitriles is 1. The highest BCUT2D eigenvalue weighted by molar-refractivity contribution is 7.79. The molecule has 176 valence electrons. The lowest BCUT2D eigenvalue weighted by Crippen LogP contribution is -2.19. The van der Waals surface area contributed by atoms with Crippen LogP contribution in [0.25, 0.3) is 22.5 Å². The van der Waals surface area contributed by atoms with Crippen molar-refractivity contribution in [3.63, 3.8) is 0 Å². The number of nitrogen functional groups attached to an aromatic ring is 1. The fourth-order valence-electron chi connectivity index (χ4n) is 3.54. The number of nitrogens with two attached hydrogens (primary N) is 1.